The molecule has 1 aliphatic rings. The summed E-state index contributed by atoms with van der Waals surface area (Å²) < 4.78 is 0. The molecule has 1 aromatic heterocycles. The number of aromatic nitrogens is 1. The maximum Gasteiger partial charge on any atom is 0.0926 e. The van der Waals surface area contributed by atoms with E-state index in [-0.39, 0.29) is 0 Å². The molecule has 3 nitrogen and oxygen atoms in total. The molecular weight excluding hydrogens is 218 g/mol. The highest BCUT2D eigenvalue weighted by Crippen LogP contribution is 2.15. The van der Waals surface area contributed by atoms with Crippen LogP contribution in [-0.4, -0.2) is 35.6 Å². The van der Waals surface area contributed by atoms with Gasteiger partial charge >= 0.3 is 0 Å². The van der Waals surface area contributed by atoms with Crippen molar-refractivity contribution in [1.82, 2.24) is 15.2 Å². The molecule has 0 atom stereocenters. The van der Waals surface area contributed by atoms with E-state index in [0.717, 1.165) is 32.1 Å². The van der Waals surface area contributed by atoms with E-state index in [1.807, 2.05) is 0 Å². The second kappa shape index (κ2) is 5.75. The zero-order valence-corrected chi connectivity index (χ0v) is 11.0. The second-order valence-electron chi connectivity index (χ2n) is 4.37. The minimum atomic E-state index is 0.728. The summed E-state index contributed by atoms with van der Waals surface area (Å²) in [5, 5.41) is 6.82. The topological polar surface area (TPSA) is 28.2 Å². The third-order valence-electron chi connectivity index (χ3n) is 3.05. The van der Waals surface area contributed by atoms with Gasteiger partial charge in [0.2, 0.25) is 0 Å². The van der Waals surface area contributed by atoms with Crippen molar-refractivity contribution in [1.29, 1.82) is 0 Å². The van der Waals surface area contributed by atoms with Crippen LogP contribution in [0.3, 0.4) is 0 Å². The fourth-order valence-corrected chi connectivity index (χ4v) is 2.74. The summed E-state index contributed by atoms with van der Waals surface area (Å²) in [4.78, 5) is 7.21. The monoisotopic (exact) mass is 239 g/mol. The van der Waals surface area contributed by atoms with Gasteiger partial charge in [0.25, 0.3) is 0 Å². The Balaban J connectivity index is 1.93. The molecule has 0 aromatic carbocycles. The van der Waals surface area contributed by atoms with Crippen molar-refractivity contribution in [2.24, 2.45) is 0 Å². The lowest BCUT2D eigenvalue weighted by Gasteiger charge is -2.37. The van der Waals surface area contributed by atoms with Gasteiger partial charge in [-0.2, -0.15) is 0 Å². The van der Waals surface area contributed by atoms with Crippen molar-refractivity contribution in [3.05, 3.63) is 16.1 Å². The predicted octanol–water partition coefficient (Wildman–Crippen LogP) is 1.89. The van der Waals surface area contributed by atoms with Crippen LogP contribution in [0.2, 0.25) is 0 Å². The van der Waals surface area contributed by atoms with E-state index in [4.69, 9.17) is 0 Å². The zero-order chi connectivity index (χ0) is 11.4. The zero-order valence-electron chi connectivity index (χ0n) is 10.2. The van der Waals surface area contributed by atoms with E-state index in [1.165, 1.54) is 23.7 Å². The van der Waals surface area contributed by atoms with Crippen molar-refractivity contribution < 1.29 is 0 Å². The maximum absolute atomic E-state index is 4.65. The van der Waals surface area contributed by atoms with E-state index in [1.54, 1.807) is 11.3 Å². The number of hydrogen-bond donors (Lipinski definition) is 1. The average molecular weight is 239 g/mol. The van der Waals surface area contributed by atoms with Gasteiger partial charge < -0.3 is 5.32 Å². The molecule has 1 aliphatic heterocycles. The summed E-state index contributed by atoms with van der Waals surface area (Å²) in [6.45, 7) is 8.91. The van der Waals surface area contributed by atoms with E-state index in [0.29, 0.717) is 0 Å². The van der Waals surface area contributed by atoms with Crippen molar-refractivity contribution >= 4 is 11.3 Å². The Morgan fingerprint density at radius 1 is 1.50 bits per heavy atom. The number of nitrogens with zero attached hydrogens (tertiary/aromatic N) is 2. The van der Waals surface area contributed by atoms with E-state index >= 15 is 0 Å². The molecular formula is C12H21N3S. The molecule has 2 heterocycles. The van der Waals surface area contributed by atoms with Crippen molar-refractivity contribution in [2.45, 2.75) is 39.3 Å². The molecule has 0 radical (unpaired) electrons. The number of aryl methyl sites for hydroxylation is 1. The molecule has 2 rings (SSSR count). The smallest absolute Gasteiger partial charge is 0.0926 e. The van der Waals surface area contributed by atoms with Crippen LogP contribution in [0.5, 0.6) is 0 Å². The van der Waals surface area contributed by atoms with Crippen LogP contribution in [0.25, 0.3) is 0 Å². The average Bonchev–Trinajstić information content (AvgIpc) is 2.63. The Labute approximate surface area is 102 Å². The lowest BCUT2D eigenvalue weighted by Crippen LogP contribution is -2.57. The largest absolute Gasteiger partial charge is 0.314 e. The lowest BCUT2D eigenvalue weighted by molar-refractivity contribution is 0.136. The molecule has 1 fully saturated rings. The molecule has 0 unspecified atom stereocenters. The quantitative estimate of drug-likeness (QED) is 0.821. The van der Waals surface area contributed by atoms with Crippen LogP contribution in [0.15, 0.2) is 5.38 Å². The highest BCUT2D eigenvalue weighted by molar-refractivity contribution is 7.09. The van der Waals surface area contributed by atoms with Gasteiger partial charge in [0, 0.05) is 31.1 Å². The van der Waals surface area contributed by atoms with E-state index in [9.17, 15) is 0 Å². The first-order valence-corrected chi connectivity index (χ1v) is 7.09. The molecule has 90 valence electrons. The van der Waals surface area contributed by atoms with Gasteiger partial charge in [0.1, 0.15) is 0 Å². The first kappa shape index (κ1) is 12.0. The number of rotatable bonds is 6. The SMILES string of the molecule is CCCN(Cc1csc(CC)n1)C1CNC1. The molecule has 0 saturated carbocycles. The Morgan fingerprint density at radius 2 is 2.31 bits per heavy atom. The van der Waals surface area contributed by atoms with Gasteiger partial charge in [-0.15, -0.1) is 11.3 Å². The molecule has 4 heteroatoms. The summed E-state index contributed by atoms with van der Waals surface area (Å²) in [6, 6.07) is 0.728. The molecule has 0 amide bonds. The standard InChI is InChI=1S/C12H21N3S/c1-3-5-15(11-6-13-7-11)8-10-9-16-12(4-2)14-10/h9,11,13H,3-8H2,1-2H3. The second-order valence-corrected chi connectivity index (χ2v) is 5.31. The Kier molecular flexibility index (Phi) is 4.32. The van der Waals surface area contributed by atoms with Crippen LogP contribution in [0.1, 0.15) is 31.0 Å². The predicted molar refractivity (Wildman–Crippen MR) is 68.9 cm³/mol. The van der Waals surface area contributed by atoms with Crippen LogP contribution in [0, 0.1) is 0 Å². The van der Waals surface area contributed by atoms with Gasteiger partial charge in [-0.25, -0.2) is 4.98 Å². The van der Waals surface area contributed by atoms with Crippen molar-refractivity contribution in [3.63, 3.8) is 0 Å². The molecule has 1 aromatic rings. The van der Waals surface area contributed by atoms with Gasteiger partial charge in [-0.1, -0.05) is 13.8 Å². The van der Waals surface area contributed by atoms with Gasteiger partial charge in [-0.3, -0.25) is 4.90 Å². The van der Waals surface area contributed by atoms with Gasteiger partial charge in [0.15, 0.2) is 0 Å². The summed E-state index contributed by atoms with van der Waals surface area (Å²) in [6.07, 6.45) is 2.28. The van der Waals surface area contributed by atoms with Crippen LogP contribution in [0.4, 0.5) is 0 Å². The number of nitrogens with one attached hydrogen (secondary N) is 1. The Morgan fingerprint density at radius 3 is 2.81 bits per heavy atom. The fraction of sp³-hybridized carbons (Fsp3) is 0.750. The van der Waals surface area contributed by atoms with Crippen LogP contribution < -0.4 is 5.32 Å². The third kappa shape index (κ3) is 2.81. The maximum atomic E-state index is 4.65. The summed E-state index contributed by atoms with van der Waals surface area (Å²) >= 11 is 1.79. The number of thiazole rings is 1. The van der Waals surface area contributed by atoms with Gasteiger partial charge in [0.05, 0.1) is 10.7 Å². The van der Waals surface area contributed by atoms with Crippen LogP contribution in [-0.2, 0) is 13.0 Å². The first-order chi connectivity index (χ1) is 7.83. The summed E-state index contributed by atoms with van der Waals surface area (Å²) in [7, 11) is 0. The highest BCUT2D eigenvalue weighted by Gasteiger charge is 2.24. The lowest BCUT2D eigenvalue weighted by atomic mass is 10.1. The summed E-state index contributed by atoms with van der Waals surface area (Å²) in [5.74, 6) is 0. The van der Waals surface area contributed by atoms with Crippen molar-refractivity contribution in [2.75, 3.05) is 19.6 Å². The third-order valence-corrected chi connectivity index (χ3v) is 4.10. The highest BCUT2D eigenvalue weighted by atomic mass is 32.1. The van der Waals surface area contributed by atoms with E-state index < -0.39 is 0 Å². The molecule has 0 aliphatic carbocycles. The fourth-order valence-electron chi connectivity index (χ4n) is 2.00. The Bertz CT molecular complexity index is 320. The first-order valence-electron chi connectivity index (χ1n) is 6.21. The minimum Gasteiger partial charge on any atom is -0.314 e. The summed E-state index contributed by atoms with van der Waals surface area (Å²) in [5.41, 5.74) is 1.25. The molecule has 0 spiro atoms. The normalized spacial score (nSPS) is 16.7. The van der Waals surface area contributed by atoms with Crippen LogP contribution >= 0.6 is 11.3 Å². The molecule has 0 bridgehead atoms. The Hall–Kier alpha value is -0.450. The number of hydrogen-bond acceptors (Lipinski definition) is 4. The van der Waals surface area contributed by atoms with Crippen molar-refractivity contribution in [3.8, 4) is 0 Å². The molecule has 1 N–H and O–H groups in total. The molecule has 1 saturated heterocycles. The minimum absolute atomic E-state index is 0.728. The molecule has 16 heavy (non-hydrogen) atoms. The van der Waals surface area contributed by atoms with Gasteiger partial charge in [-0.05, 0) is 19.4 Å². The van der Waals surface area contributed by atoms with E-state index in [2.05, 4.69) is 34.4 Å².